The molecule has 3 amide bonds. The van der Waals surface area contributed by atoms with Crippen molar-refractivity contribution in [2.75, 3.05) is 31.7 Å². The maximum atomic E-state index is 12.2. The first kappa shape index (κ1) is 37.4. The Morgan fingerprint density at radius 2 is 1.43 bits per heavy atom. The van der Waals surface area contributed by atoms with Crippen molar-refractivity contribution in [1.82, 2.24) is 16.0 Å². The molecular formula is C24H42N8O8. The van der Waals surface area contributed by atoms with Crippen molar-refractivity contribution in [2.45, 2.75) is 58.0 Å². The molecule has 1 rings (SSSR count). The summed E-state index contributed by atoms with van der Waals surface area (Å²) in [5.41, 5.74) is 22.6. The van der Waals surface area contributed by atoms with Crippen molar-refractivity contribution < 1.29 is 38.9 Å². The molecule has 0 heterocycles. The summed E-state index contributed by atoms with van der Waals surface area (Å²) in [7, 11) is 1.18. The zero-order chi connectivity index (χ0) is 31.1. The highest BCUT2D eigenvalue weighted by atomic mass is 16.5. The molecule has 0 saturated heterocycles. The first-order valence-electron chi connectivity index (χ1n) is 12.2. The summed E-state index contributed by atoms with van der Waals surface area (Å²) in [6, 6.07) is 5.10. The van der Waals surface area contributed by atoms with Crippen LogP contribution in [0.3, 0.4) is 0 Å². The molecule has 16 heteroatoms. The fraction of sp³-hybridized carbons (Fsp3) is 0.500. The lowest BCUT2D eigenvalue weighted by molar-refractivity contribution is -0.142. The van der Waals surface area contributed by atoms with E-state index in [0.717, 1.165) is 24.7 Å². The van der Waals surface area contributed by atoms with Gasteiger partial charge in [-0.25, -0.2) is 9.59 Å². The van der Waals surface area contributed by atoms with Gasteiger partial charge in [0.1, 0.15) is 12.1 Å². The van der Waals surface area contributed by atoms with Crippen LogP contribution in [0.15, 0.2) is 29.3 Å². The second kappa shape index (κ2) is 22.2. The van der Waals surface area contributed by atoms with Gasteiger partial charge < -0.3 is 53.8 Å². The highest BCUT2D eigenvalue weighted by Crippen LogP contribution is 2.05. The molecule has 0 aliphatic rings. The zero-order valence-corrected chi connectivity index (χ0v) is 23.0. The number of carbonyl (C=O) groups excluding carboxylic acids is 3. The fourth-order valence-electron chi connectivity index (χ4n) is 2.67. The smallest absolute Gasteiger partial charge is 0.407 e. The summed E-state index contributed by atoms with van der Waals surface area (Å²) in [4.78, 5) is 59.4. The molecule has 226 valence electrons. The number of nitrogens with zero attached hydrogens (tertiary/aromatic N) is 1. The van der Waals surface area contributed by atoms with E-state index in [-0.39, 0.29) is 18.9 Å². The standard InChI is InChI=1S/C16H30N6O6.C6H8N2.C2H4O2/c1-3-4-6-10(22-16(27)28-2)13(24)20-9-12(23)21-11(14(25)26)7-5-8-19-15(17)18;7-5-1-2-6(8)4-3-5;1-2(3)4/h10-11H,3-9H2,1-2H3,(H,20,24)(H,21,23)(H,22,27)(H,25,26)(H4,17,18,19);1-4H,7-8H2;1H3,(H,3,4)/t10-,11+;;/m1../s1. The molecule has 1 aromatic carbocycles. The molecule has 0 fully saturated rings. The summed E-state index contributed by atoms with van der Waals surface area (Å²) in [6.07, 6.45) is 1.59. The van der Waals surface area contributed by atoms with Gasteiger partial charge in [-0.3, -0.25) is 19.4 Å². The number of nitrogens with two attached hydrogens (primary N) is 4. The third-order valence-electron chi connectivity index (χ3n) is 4.58. The number of unbranched alkanes of at least 4 members (excludes halogenated alkanes) is 1. The van der Waals surface area contributed by atoms with Gasteiger partial charge in [0.15, 0.2) is 5.96 Å². The molecule has 0 aliphatic heterocycles. The average molecular weight is 571 g/mol. The number of guanidine groups is 1. The van der Waals surface area contributed by atoms with Crippen LogP contribution in [-0.2, 0) is 23.9 Å². The summed E-state index contributed by atoms with van der Waals surface area (Å²) in [6.45, 7) is 2.82. The number of ether oxygens (including phenoxy) is 1. The van der Waals surface area contributed by atoms with Crippen LogP contribution in [0.4, 0.5) is 16.2 Å². The molecule has 0 bridgehead atoms. The molecule has 0 unspecified atom stereocenters. The number of carbonyl (C=O) groups is 5. The van der Waals surface area contributed by atoms with E-state index >= 15 is 0 Å². The van der Waals surface area contributed by atoms with Crippen LogP contribution in [0.25, 0.3) is 0 Å². The number of aliphatic imine (C=N–C) groups is 1. The molecule has 13 N–H and O–H groups in total. The van der Waals surface area contributed by atoms with Crippen molar-refractivity contribution in [3.63, 3.8) is 0 Å². The molecule has 40 heavy (non-hydrogen) atoms. The fourth-order valence-corrected chi connectivity index (χ4v) is 2.67. The number of nitrogens with one attached hydrogen (secondary N) is 3. The van der Waals surface area contributed by atoms with Crippen LogP contribution in [0, 0.1) is 0 Å². The third-order valence-corrected chi connectivity index (χ3v) is 4.58. The topological polar surface area (TPSA) is 288 Å². The maximum absolute atomic E-state index is 12.2. The SMILES string of the molecule is CC(=O)O.CCCC[C@@H](NC(=O)OC)C(=O)NCC(=O)N[C@@H](CCCN=C(N)N)C(=O)O.Nc1ccc(N)cc1. The minimum Gasteiger partial charge on any atom is -0.481 e. The van der Waals surface area contributed by atoms with Crippen LogP contribution < -0.4 is 38.9 Å². The zero-order valence-electron chi connectivity index (χ0n) is 23.0. The molecule has 0 spiro atoms. The number of hydrogen-bond donors (Lipinski definition) is 9. The number of rotatable bonds is 13. The number of alkyl carbamates (subject to hydrolysis) is 1. The Balaban J connectivity index is 0. The van der Waals surface area contributed by atoms with Gasteiger partial charge in [0.05, 0.1) is 13.7 Å². The van der Waals surface area contributed by atoms with Crippen LogP contribution in [-0.4, -0.2) is 78.3 Å². The normalized spacial score (nSPS) is 11.0. The predicted octanol–water partition coefficient (Wildman–Crippen LogP) is -0.418. The highest BCUT2D eigenvalue weighted by Gasteiger charge is 2.23. The summed E-state index contributed by atoms with van der Waals surface area (Å²) in [5.74, 6) is -3.38. The van der Waals surface area contributed by atoms with Crippen molar-refractivity contribution >= 4 is 47.2 Å². The first-order valence-corrected chi connectivity index (χ1v) is 12.2. The minimum absolute atomic E-state index is 0.100. The first-order chi connectivity index (χ1) is 18.7. The number of amides is 3. The minimum atomic E-state index is -1.21. The van der Waals surface area contributed by atoms with E-state index in [9.17, 15) is 24.3 Å². The van der Waals surface area contributed by atoms with E-state index in [2.05, 4.69) is 25.7 Å². The van der Waals surface area contributed by atoms with E-state index in [4.69, 9.17) is 32.8 Å². The Hall–Kier alpha value is -4.76. The number of aliphatic carboxylic acids is 2. The molecule has 16 nitrogen and oxygen atoms in total. The second-order valence-corrected chi connectivity index (χ2v) is 8.14. The number of benzene rings is 1. The van der Waals surface area contributed by atoms with Gasteiger partial charge >= 0.3 is 12.1 Å². The van der Waals surface area contributed by atoms with Gasteiger partial charge in [-0.15, -0.1) is 0 Å². The lowest BCUT2D eigenvalue weighted by Gasteiger charge is -2.18. The number of anilines is 2. The van der Waals surface area contributed by atoms with E-state index in [1.807, 2.05) is 6.92 Å². The second-order valence-electron chi connectivity index (χ2n) is 8.14. The summed E-state index contributed by atoms with van der Waals surface area (Å²) in [5, 5.41) is 23.7. The monoisotopic (exact) mass is 570 g/mol. The maximum Gasteiger partial charge on any atom is 0.407 e. The number of carboxylic acids is 2. The quantitative estimate of drug-likeness (QED) is 0.0632. The number of hydrogen-bond acceptors (Lipinski definition) is 9. The van der Waals surface area contributed by atoms with Gasteiger partial charge in [-0.1, -0.05) is 19.8 Å². The van der Waals surface area contributed by atoms with Gasteiger partial charge in [-0.2, -0.15) is 0 Å². The third kappa shape index (κ3) is 22.4. The van der Waals surface area contributed by atoms with Crippen LogP contribution in [0.2, 0.25) is 0 Å². The summed E-state index contributed by atoms with van der Waals surface area (Å²) < 4.78 is 4.48. The highest BCUT2D eigenvalue weighted by molar-refractivity contribution is 5.90. The Labute approximate surface area is 232 Å². The average Bonchev–Trinajstić information content (AvgIpc) is 2.88. The van der Waals surface area contributed by atoms with Gasteiger partial charge in [0, 0.05) is 24.8 Å². The summed E-state index contributed by atoms with van der Waals surface area (Å²) >= 11 is 0. The lowest BCUT2D eigenvalue weighted by atomic mass is 10.1. The van der Waals surface area contributed by atoms with Crippen LogP contribution >= 0.6 is 0 Å². The Morgan fingerprint density at radius 3 is 1.85 bits per heavy atom. The Bertz CT molecular complexity index is 928. The largest absolute Gasteiger partial charge is 0.481 e. The van der Waals surface area contributed by atoms with Gasteiger partial charge in [0.2, 0.25) is 11.8 Å². The molecule has 0 aromatic heterocycles. The molecule has 0 saturated carbocycles. The van der Waals surface area contributed by atoms with E-state index < -0.39 is 48.5 Å². The van der Waals surface area contributed by atoms with E-state index in [1.165, 1.54) is 7.11 Å². The Kier molecular flexibility index (Phi) is 20.8. The van der Waals surface area contributed by atoms with Gasteiger partial charge in [0.25, 0.3) is 5.97 Å². The van der Waals surface area contributed by atoms with E-state index in [0.29, 0.717) is 19.3 Å². The van der Waals surface area contributed by atoms with E-state index in [1.54, 1.807) is 24.3 Å². The van der Waals surface area contributed by atoms with Gasteiger partial charge in [-0.05, 0) is 43.5 Å². The molecule has 1 aromatic rings. The number of nitrogen functional groups attached to an aromatic ring is 2. The Morgan fingerprint density at radius 1 is 0.925 bits per heavy atom. The van der Waals surface area contributed by atoms with Crippen LogP contribution in [0.5, 0.6) is 0 Å². The van der Waals surface area contributed by atoms with Crippen molar-refractivity contribution in [3.05, 3.63) is 24.3 Å². The van der Waals surface area contributed by atoms with Crippen LogP contribution in [0.1, 0.15) is 46.0 Å². The van der Waals surface area contributed by atoms with Crippen molar-refractivity contribution in [3.8, 4) is 0 Å². The molecular weight excluding hydrogens is 528 g/mol. The predicted molar refractivity (Wildman–Crippen MR) is 150 cm³/mol. The molecule has 2 atom stereocenters. The molecule has 0 radical (unpaired) electrons. The van der Waals surface area contributed by atoms with Crippen molar-refractivity contribution in [1.29, 1.82) is 0 Å². The molecule has 0 aliphatic carbocycles. The number of methoxy groups -OCH3 is 1. The van der Waals surface area contributed by atoms with Crippen molar-refractivity contribution in [2.24, 2.45) is 16.5 Å². The lowest BCUT2D eigenvalue weighted by Crippen LogP contribution is -2.50. The number of carboxylic acid groups (broad SMARTS) is 2.